The fraction of sp³-hybridized carbons (Fsp3) is 0.459. The largest absolute Gasteiger partial charge is 0.494 e. The van der Waals surface area contributed by atoms with Crippen LogP contribution in [0.1, 0.15) is 49.9 Å². The quantitative estimate of drug-likeness (QED) is 0.0768. The molecule has 12 nitrogen and oxygen atoms in total. The number of pyridine rings is 1. The smallest absolute Gasteiger partial charge is 0.331 e. The van der Waals surface area contributed by atoms with Crippen molar-refractivity contribution >= 4 is 17.3 Å². The number of nitrogens with one attached hydrogen (secondary N) is 3. The number of rotatable bonds is 20. The molecular formula is C37H48FN7O5. The first-order valence-corrected chi connectivity index (χ1v) is 17.2. The number of halogens is 1. The number of anilines is 2. The van der Waals surface area contributed by atoms with Crippen molar-refractivity contribution in [3.63, 3.8) is 0 Å². The number of H-pyrrole nitrogens is 1. The van der Waals surface area contributed by atoms with Crippen LogP contribution in [0.15, 0.2) is 67.0 Å². The molecule has 0 spiro atoms. The lowest BCUT2D eigenvalue weighted by Gasteiger charge is -2.40. The number of carbonyl (C=O) groups excluding carboxylic acids is 1. The molecule has 1 saturated heterocycles. The van der Waals surface area contributed by atoms with Gasteiger partial charge in [0.05, 0.1) is 19.3 Å². The zero-order valence-corrected chi connectivity index (χ0v) is 29.0. The molecule has 2 aromatic heterocycles. The normalized spacial score (nSPS) is 14.3. The minimum atomic E-state index is -0.419. The summed E-state index contributed by atoms with van der Waals surface area (Å²) in [5, 5.41) is 14.9. The van der Waals surface area contributed by atoms with Gasteiger partial charge in [0.2, 0.25) is 0 Å². The number of likely N-dealkylation sites (tertiary alicyclic amines) is 1. The molecule has 268 valence electrons. The highest BCUT2D eigenvalue weighted by atomic mass is 19.1. The average Bonchev–Trinajstić information content (AvgIpc) is 3.65. The molecule has 50 heavy (non-hydrogen) atoms. The van der Waals surface area contributed by atoms with Crippen molar-refractivity contribution in [3.05, 3.63) is 84.2 Å². The van der Waals surface area contributed by atoms with E-state index < -0.39 is 5.54 Å². The van der Waals surface area contributed by atoms with E-state index in [2.05, 4.69) is 42.5 Å². The molecule has 2 aromatic carbocycles. The zero-order chi connectivity index (χ0) is 35.0. The predicted octanol–water partition coefficient (Wildman–Crippen LogP) is 5.80. The van der Waals surface area contributed by atoms with E-state index in [4.69, 9.17) is 19.2 Å². The highest BCUT2D eigenvalue weighted by Crippen LogP contribution is 2.36. The molecule has 1 aliphatic heterocycles. The van der Waals surface area contributed by atoms with Crippen molar-refractivity contribution in [2.45, 2.75) is 50.6 Å². The van der Waals surface area contributed by atoms with Crippen molar-refractivity contribution in [3.8, 4) is 17.1 Å². The molecule has 13 heteroatoms. The maximum atomic E-state index is 14.8. The zero-order valence-electron chi connectivity index (χ0n) is 29.0. The van der Waals surface area contributed by atoms with E-state index in [0.29, 0.717) is 50.1 Å². The molecule has 1 fully saturated rings. The molecule has 0 radical (unpaired) electrons. The van der Waals surface area contributed by atoms with E-state index >= 15 is 0 Å². The lowest BCUT2D eigenvalue weighted by Crippen LogP contribution is -2.46. The third kappa shape index (κ3) is 11.0. The van der Waals surface area contributed by atoms with Crippen molar-refractivity contribution in [1.29, 1.82) is 0 Å². The van der Waals surface area contributed by atoms with Crippen LogP contribution in [0.3, 0.4) is 0 Å². The van der Waals surface area contributed by atoms with Gasteiger partial charge < -0.3 is 34.5 Å². The molecule has 0 bridgehead atoms. The molecule has 5 rings (SSSR count). The van der Waals surface area contributed by atoms with Crippen LogP contribution in [0, 0.1) is 5.82 Å². The molecule has 1 aliphatic rings. The SMILES string of the molecule is COC(=O)COCCCOCCCCCOc1ccc(F)c(CNc2cccc(NC3(c4nc(-c5ccncc5)n[nH]4)CCN(C)CC3)c2)c1. The van der Waals surface area contributed by atoms with Gasteiger partial charge in [-0.05, 0) is 94.1 Å². The Balaban J connectivity index is 1.08. The summed E-state index contributed by atoms with van der Waals surface area (Å²) >= 11 is 0. The number of nitrogens with zero attached hydrogens (tertiary/aromatic N) is 4. The Morgan fingerprint density at radius 3 is 2.52 bits per heavy atom. The fourth-order valence-corrected chi connectivity index (χ4v) is 5.74. The van der Waals surface area contributed by atoms with Gasteiger partial charge in [-0.15, -0.1) is 0 Å². The van der Waals surface area contributed by atoms with E-state index in [-0.39, 0.29) is 18.4 Å². The maximum Gasteiger partial charge on any atom is 0.331 e. The van der Waals surface area contributed by atoms with Gasteiger partial charge in [-0.25, -0.2) is 14.2 Å². The Kier molecular flexibility index (Phi) is 13.9. The van der Waals surface area contributed by atoms with Gasteiger partial charge in [-0.2, -0.15) is 5.10 Å². The number of hydrogen-bond donors (Lipinski definition) is 3. The summed E-state index contributed by atoms with van der Waals surface area (Å²) in [4.78, 5) is 22.3. The summed E-state index contributed by atoms with van der Waals surface area (Å²) in [6.45, 7) is 4.35. The highest BCUT2D eigenvalue weighted by Gasteiger charge is 2.38. The van der Waals surface area contributed by atoms with Crippen molar-refractivity contribution in [2.75, 3.05) is 70.9 Å². The van der Waals surface area contributed by atoms with Crippen LogP contribution in [0.2, 0.25) is 0 Å². The number of unbranched alkanes of at least 4 members (excludes halogenated alkanes) is 2. The number of aromatic nitrogens is 4. The van der Waals surface area contributed by atoms with Crippen LogP contribution in [-0.2, 0) is 31.1 Å². The number of methoxy groups -OCH3 is 1. The van der Waals surface area contributed by atoms with Gasteiger partial charge in [-0.3, -0.25) is 10.1 Å². The van der Waals surface area contributed by atoms with E-state index in [9.17, 15) is 9.18 Å². The van der Waals surface area contributed by atoms with Gasteiger partial charge in [0.25, 0.3) is 0 Å². The summed E-state index contributed by atoms with van der Waals surface area (Å²) in [6, 6.07) is 16.7. The maximum absolute atomic E-state index is 14.8. The molecule has 4 aromatic rings. The average molecular weight is 690 g/mol. The number of piperidine rings is 1. The topological polar surface area (TPSA) is 136 Å². The monoisotopic (exact) mass is 689 g/mol. The number of hydrogen-bond acceptors (Lipinski definition) is 11. The Bertz CT molecular complexity index is 1610. The molecule has 0 atom stereocenters. The van der Waals surface area contributed by atoms with Gasteiger partial charge >= 0.3 is 5.97 Å². The molecule has 3 heterocycles. The number of ether oxygens (including phenoxy) is 4. The number of carbonyl (C=O) groups is 1. The second kappa shape index (κ2) is 19.0. The Morgan fingerprint density at radius 2 is 1.70 bits per heavy atom. The van der Waals surface area contributed by atoms with Crippen molar-refractivity contribution in [2.24, 2.45) is 0 Å². The van der Waals surface area contributed by atoms with Gasteiger partial charge in [0, 0.05) is 74.4 Å². The molecule has 0 aliphatic carbocycles. The highest BCUT2D eigenvalue weighted by molar-refractivity contribution is 5.70. The van der Waals surface area contributed by atoms with Crippen LogP contribution in [0.5, 0.6) is 5.75 Å². The standard InChI is InChI=1S/C37H48FN7O5/c1-45-18-14-37(15-19-45,36-41-35(43-44-36)28-12-16-39-17-13-28)42-31-9-6-8-30(25-31)40-26-29-24-32(10-11-33(29)38)50-23-5-3-4-20-48-21-7-22-49-27-34(46)47-2/h6,8-13,16-17,24-25,40,42H,3-5,7,14-15,18-23,26-27H2,1-2H3,(H,41,43,44). The molecule has 0 saturated carbocycles. The minimum Gasteiger partial charge on any atom is -0.494 e. The third-order valence-electron chi connectivity index (χ3n) is 8.69. The first kappa shape index (κ1) is 36.7. The van der Waals surface area contributed by atoms with Crippen molar-refractivity contribution in [1.82, 2.24) is 25.1 Å². The molecule has 3 N–H and O–H groups in total. The second-order valence-electron chi connectivity index (χ2n) is 12.4. The summed E-state index contributed by atoms with van der Waals surface area (Å²) in [6.07, 6.45) is 8.66. The Morgan fingerprint density at radius 1 is 0.940 bits per heavy atom. The molecule has 0 unspecified atom stereocenters. The van der Waals surface area contributed by atoms with Crippen LogP contribution in [0.4, 0.5) is 15.8 Å². The van der Waals surface area contributed by atoms with E-state index in [1.54, 1.807) is 24.5 Å². The predicted molar refractivity (Wildman–Crippen MR) is 189 cm³/mol. The van der Waals surface area contributed by atoms with E-state index in [1.165, 1.54) is 13.2 Å². The van der Waals surface area contributed by atoms with Gasteiger partial charge in [-0.1, -0.05) is 6.07 Å². The number of benzene rings is 2. The summed E-state index contributed by atoms with van der Waals surface area (Å²) in [5.41, 5.74) is 2.83. The number of aromatic amines is 1. The molecular weight excluding hydrogens is 641 g/mol. The third-order valence-corrected chi connectivity index (χ3v) is 8.69. The summed E-state index contributed by atoms with van der Waals surface area (Å²) < 4.78 is 36.1. The van der Waals surface area contributed by atoms with Crippen molar-refractivity contribution < 1.29 is 28.1 Å². The van der Waals surface area contributed by atoms with Gasteiger partial charge in [0.15, 0.2) is 11.6 Å². The summed E-state index contributed by atoms with van der Waals surface area (Å²) in [5.74, 6) is 1.43. The minimum absolute atomic E-state index is 0.0327. The Hall–Kier alpha value is -4.59. The lowest BCUT2D eigenvalue weighted by molar-refractivity contribution is -0.146. The Labute approximate surface area is 293 Å². The molecule has 0 amide bonds. The van der Waals surface area contributed by atoms with Crippen LogP contribution in [-0.4, -0.2) is 91.3 Å². The number of esters is 1. The summed E-state index contributed by atoms with van der Waals surface area (Å²) in [7, 11) is 3.47. The van der Waals surface area contributed by atoms with Crippen LogP contribution >= 0.6 is 0 Å². The van der Waals surface area contributed by atoms with Crippen LogP contribution in [0.25, 0.3) is 11.4 Å². The second-order valence-corrected chi connectivity index (χ2v) is 12.4. The van der Waals surface area contributed by atoms with Gasteiger partial charge in [0.1, 0.15) is 18.2 Å². The van der Waals surface area contributed by atoms with E-state index in [1.807, 2.05) is 36.4 Å². The fourth-order valence-electron chi connectivity index (χ4n) is 5.74. The lowest BCUT2D eigenvalue weighted by atomic mass is 9.86. The van der Waals surface area contributed by atoms with E-state index in [0.717, 1.165) is 74.4 Å². The first-order chi connectivity index (χ1) is 24.4. The van der Waals surface area contributed by atoms with Crippen LogP contribution < -0.4 is 15.4 Å². The first-order valence-electron chi connectivity index (χ1n) is 17.2.